The maximum atomic E-state index is 12.6. The van der Waals surface area contributed by atoms with Crippen LogP contribution in [-0.2, 0) is 6.42 Å². The van der Waals surface area contributed by atoms with Crippen LogP contribution in [0.25, 0.3) is 0 Å². The molecular formula is C13H18FN. The average molecular weight is 207 g/mol. The minimum atomic E-state index is -0.142. The molecule has 1 fully saturated rings. The lowest BCUT2D eigenvalue weighted by molar-refractivity contribution is 0.536. The summed E-state index contributed by atoms with van der Waals surface area (Å²) >= 11 is 0. The van der Waals surface area contributed by atoms with Gasteiger partial charge in [-0.2, -0.15) is 0 Å². The lowest BCUT2D eigenvalue weighted by Crippen LogP contribution is -2.20. The Bertz CT molecular complexity index is 288. The van der Waals surface area contributed by atoms with Gasteiger partial charge in [-0.3, -0.25) is 0 Å². The molecule has 2 heteroatoms. The summed E-state index contributed by atoms with van der Waals surface area (Å²) < 4.78 is 12.6. The standard InChI is InChI=1S/C13H18FN/c14-12-8-6-11(7-9-12)3-1-4-13-5-2-10-15-13/h6-9,13,15H,1-5,10H2. The van der Waals surface area contributed by atoms with Crippen LogP contribution in [-0.4, -0.2) is 12.6 Å². The van der Waals surface area contributed by atoms with Gasteiger partial charge in [0.05, 0.1) is 0 Å². The molecule has 2 rings (SSSR count). The summed E-state index contributed by atoms with van der Waals surface area (Å²) in [6, 6.07) is 7.59. The van der Waals surface area contributed by atoms with Crippen LogP contribution in [0.15, 0.2) is 24.3 Å². The molecule has 1 aromatic carbocycles. The van der Waals surface area contributed by atoms with E-state index in [0.717, 1.165) is 12.5 Å². The number of rotatable bonds is 4. The second kappa shape index (κ2) is 5.26. The van der Waals surface area contributed by atoms with Gasteiger partial charge in [0.1, 0.15) is 5.82 Å². The first kappa shape index (κ1) is 10.6. The Morgan fingerprint density at radius 1 is 1.27 bits per heavy atom. The molecule has 0 aliphatic carbocycles. The highest BCUT2D eigenvalue weighted by Crippen LogP contribution is 2.13. The van der Waals surface area contributed by atoms with Crippen molar-refractivity contribution in [1.29, 1.82) is 0 Å². The first-order chi connectivity index (χ1) is 7.34. The van der Waals surface area contributed by atoms with E-state index in [4.69, 9.17) is 0 Å². The van der Waals surface area contributed by atoms with Crippen LogP contribution < -0.4 is 5.32 Å². The summed E-state index contributed by atoms with van der Waals surface area (Å²) in [7, 11) is 0. The minimum absolute atomic E-state index is 0.142. The third-order valence-corrected chi connectivity index (χ3v) is 3.09. The fourth-order valence-electron chi connectivity index (χ4n) is 2.21. The first-order valence-electron chi connectivity index (χ1n) is 5.82. The number of hydrogen-bond acceptors (Lipinski definition) is 1. The van der Waals surface area contributed by atoms with Gasteiger partial charge in [-0.1, -0.05) is 12.1 Å². The van der Waals surface area contributed by atoms with Crippen LogP contribution in [0.4, 0.5) is 4.39 Å². The van der Waals surface area contributed by atoms with E-state index in [1.54, 1.807) is 12.1 Å². The van der Waals surface area contributed by atoms with Crippen LogP contribution in [0, 0.1) is 5.82 Å². The molecule has 1 nitrogen and oxygen atoms in total. The van der Waals surface area contributed by atoms with Crippen LogP contribution in [0.5, 0.6) is 0 Å². The second-order valence-corrected chi connectivity index (χ2v) is 4.31. The Hall–Kier alpha value is -0.890. The fourth-order valence-corrected chi connectivity index (χ4v) is 2.21. The number of hydrogen-bond donors (Lipinski definition) is 1. The Balaban J connectivity index is 1.71. The van der Waals surface area contributed by atoms with E-state index in [1.807, 2.05) is 12.1 Å². The summed E-state index contributed by atoms with van der Waals surface area (Å²) in [5, 5.41) is 3.49. The van der Waals surface area contributed by atoms with Crippen LogP contribution >= 0.6 is 0 Å². The molecule has 1 N–H and O–H groups in total. The van der Waals surface area contributed by atoms with Crippen molar-refractivity contribution in [2.24, 2.45) is 0 Å². The Labute approximate surface area is 90.7 Å². The van der Waals surface area contributed by atoms with E-state index < -0.39 is 0 Å². The van der Waals surface area contributed by atoms with Crippen molar-refractivity contribution in [3.05, 3.63) is 35.6 Å². The molecule has 1 aliphatic heterocycles. The second-order valence-electron chi connectivity index (χ2n) is 4.31. The molecule has 15 heavy (non-hydrogen) atoms. The van der Waals surface area contributed by atoms with Crippen molar-refractivity contribution in [3.63, 3.8) is 0 Å². The zero-order chi connectivity index (χ0) is 10.5. The van der Waals surface area contributed by atoms with E-state index in [9.17, 15) is 4.39 Å². The summed E-state index contributed by atoms with van der Waals surface area (Å²) in [6.45, 7) is 1.18. The molecule has 1 unspecified atom stereocenters. The molecule has 0 spiro atoms. The van der Waals surface area contributed by atoms with Gasteiger partial charge in [0.25, 0.3) is 0 Å². The average Bonchev–Trinajstić information content (AvgIpc) is 2.74. The van der Waals surface area contributed by atoms with Crippen molar-refractivity contribution in [2.75, 3.05) is 6.54 Å². The molecule has 82 valence electrons. The highest BCUT2D eigenvalue weighted by Gasteiger charge is 2.12. The molecule has 1 aromatic rings. The quantitative estimate of drug-likeness (QED) is 0.800. The van der Waals surface area contributed by atoms with E-state index in [2.05, 4.69) is 5.32 Å². The molecule has 1 heterocycles. The predicted octanol–water partition coefficient (Wildman–Crippen LogP) is 2.90. The smallest absolute Gasteiger partial charge is 0.123 e. The summed E-state index contributed by atoms with van der Waals surface area (Å²) in [5.74, 6) is -0.142. The van der Waals surface area contributed by atoms with Crippen molar-refractivity contribution in [1.82, 2.24) is 5.32 Å². The Morgan fingerprint density at radius 2 is 2.07 bits per heavy atom. The van der Waals surface area contributed by atoms with Crippen molar-refractivity contribution < 1.29 is 4.39 Å². The monoisotopic (exact) mass is 207 g/mol. The number of benzene rings is 1. The minimum Gasteiger partial charge on any atom is -0.314 e. The number of aryl methyl sites for hydroxylation is 1. The van der Waals surface area contributed by atoms with Crippen molar-refractivity contribution in [3.8, 4) is 0 Å². The zero-order valence-corrected chi connectivity index (χ0v) is 9.01. The Morgan fingerprint density at radius 3 is 2.73 bits per heavy atom. The number of halogens is 1. The van der Waals surface area contributed by atoms with E-state index >= 15 is 0 Å². The SMILES string of the molecule is Fc1ccc(CCCC2CCCN2)cc1. The third kappa shape index (κ3) is 3.31. The fraction of sp³-hybridized carbons (Fsp3) is 0.538. The normalized spacial score (nSPS) is 20.7. The van der Waals surface area contributed by atoms with E-state index in [0.29, 0.717) is 0 Å². The summed E-state index contributed by atoms with van der Waals surface area (Å²) in [5.41, 5.74) is 1.24. The molecule has 1 aliphatic rings. The highest BCUT2D eigenvalue weighted by atomic mass is 19.1. The molecule has 0 amide bonds. The molecule has 0 aromatic heterocycles. The maximum Gasteiger partial charge on any atom is 0.123 e. The summed E-state index contributed by atoms with van der Waals surface area (Å²) in [6.07, 6.45) is 6.16. The van der Waals surface area contributed by atoms with E-state index in [1.165, 1.54) is 37.8 Å². The van der Waals surface area contributed by atoms with Crippen molar-refractivity contribution in [2.45, 2.75) is 38.1 Å². The van der Waals surface area contributed by atoms with Crippen LogP contribution in [0.3, 0.4) is 0 Å². The third-order valence-electron chi connectivity index (χ3n) is 3.09. The maximum absolute atomic E-state index is 12.6. The predicted molar refractivity (Wildman–Crippen MR) is 60.4 cm³/mol. The van der Waals surface area contributed by atoms with Gasteiger partial charge >= 0.3 is 0 Å². The molecular weight excluding hydrogens is 189 g/mol. The lowest BCUT2D eigenvalue weighted by Gasteiger charge is -2.09. The number of nitrogens with one attached hydrogen (secondary N) is 1. The highest BCUT2D eigenvalue weighted by molar-refractivity contribution is 5.15. The molecule has 0 bridgehead atoms. The Kier molecular flexibility index (Phi) is 3.73. The van der Waals surface area contributed by atoms with Gasteiger partial charge in [0, 0.05) is 6.04 Å². The molecule has 0 radical (unpaired) electrons. The van der Waals surface area contributed by atoms with E-state index in [-0.39, 0.29) is 5.82 Å². The van der Waals surface area contributed by atoms with Gasteiger partial charge in [-0.05, 0) is 56.3 Å². The van der Waals surface area contributed by atoms with Gasteiger partial charge in [0.2, 0.25) is 0 Å². The summed E-state index contributed by atoms with van der Waals surface area (Å²) in [4.78, 5) is 0. The topological polar surface area (TPSA) is 12.0 Å². The van der Waals surface area contributed by atoms with Crippen LogP contribution in [0.2, 0.25) is 0 Å². The van der Waals surface area contributed by atoms with Crippen molar-refractivity contribution >= 4 is 0 Å². The lowest BCUT2D eigenvalue weighted by atomic mass is 10.0. The molecule has 1 saturated heterocycles. The van der Waals surface area contributed by atoms with Gasteiger partial charge in [-0.25, -0.2) is 4.39 Å². The molecule has 1 atom stereocenters. The van der Waals surface area contributed by atoms with Gasteiger partial charge in [0.15, 0.2) is 0 Å². The van der Waals surface area contributed by atoms with Crippen LogP contribution in [0.1, 0.15) is 31.2 Å². The molecule has 0 saturated carbocycles. The zero-order valence-electron chi connectivity index (χ0n) is 9.01. The van der Waals surface area contributed by atoms with Gasteiger partial charge < -0.3 is 5.32 Å². The van der Waals surface area contributed by atoms with Gasteiger partial charge in [-0.15, -0.1) is 0 Å². The largest absolute Gasteiger partial charge is 0.314 e. The first-order valence-corrected chi connectivity index (χ1v) is 5.82.